The first kappa shape index (κ1) is 23.5. The lowest BCUT2D eigenvalue weighted by molar-refractivity contribution is -0.140. The van der Waals surface area contributed by atoms with Gasteiger partial charge in [0.25, 0.3) is 5.91 Å². The molecule has 5 nitrogen and oxygen atoms in total. The Morgan fingerprint density at radius 1 is 1.21 bits per heavy atom. The van der Waals surface area contributed by atoms with Gasteiger partial charge in [-0.2, -0.15) is 13.2 Å². The number of carbonyl (C=O) groups excluding carboxylic acids is 1. The number of halogens is 4. The number of alkyl halides is 3. The Morgan fingerprint density at radius 2 is 2.00 bits per heavy atom. The predicted octanol–water partition coefficient (Wildman–Crippen LogP) is 6.15. The number of fused-ring (bicyclic) bond motifs is 1. The van der Waals surface area contributed by atoms with Crippen LogP contribution in [-0.2, 0) is 6.18 Å². The fraction of sp³-hybridized carbons (Fsp3) is 0.375. The van der Waals surface area contributed by atoms with Gasteiger partial charge in [-0.15, -0.1) is 0 Å². The molecule has 1 atom stereocenters. The number of nitrogens with zero attached hydrogens (tertiary/aromatic N) is 3. The molecule has 0 radical (unpaired) electrons. The molecule has 1 aromatic carbocycles. The molecule has 1 fully saturated rings. The number of para-hydroxylation sites is 1. The number of piperidine rings is 1. The Hall–Kier alpha value is -2.68. The predicted molar refractivity (Wildman–Crippen MR) is 125 cm³/mol. The van der Waals surface area contributed by atoms with Crippen molar-refractivity contribution in [1.29, 1.82) is 0 Å². The number of hydrogen-bond acceptors (Lipinski definition) is 4. The van der Waals surface area contributed by atoms with Crippen molar-refractivity contribution in [3.8, 4) is 0 Å². The van der Waals surface area contributed by atoms with E-state index in [0.29, 0.717) is 24.3 Å². The number of hydrogen-bond donors (Lipinski definition) is 1. The summed E-state index contributed by atoms with van der Waals surface area (Å²) in [5.41, 5.74) is -0.940. The number of amides is 1. The molecule has 4 rings (SSSR count). The molecule has 0 bridgehead atoms. The maximum Gasteiger partial charge on any atom is 0.433 e. The highest BCUT2D eigenvalue weighted by atomic mass is 79.9. The molecule has 1 amide bonds. The topological polar surface area (TPSA) is 58.1 Å². The van der Waals surface area contributed by atoms with Crippen molar-refractivity contribution in [3.05, 3.63) is 64.4 Å². The van der Waals surface area contributed by atoms with Crippen LogP contribution in [0, 0.1) is 5.41 Å². The molecule has 33 heavy (non-hydrogen) atoms. The standard InChI is InChI=1S/C24H24BrF3N4O/c1-23(2)11-4-12-32(19(23)14-30-20-10-8-16(25)13-29-20)22(33)17-6-3-5-15-7-9-18(24(26,27)28)31-21(15)17/h3,5-10,13,19H,4,11-12,14H2,1-2H3,(H,29,30). The molecule has 9 heteroatoms. The molecule has 1 saturated heterocycles. The van der Waals surface area contributed by atoms with E-state index >= 15 is 0 Å². The number of rotatable bonds is 4. The summed E-state index contributed by atoms with van der Waals surface area (Å²) in [6, 6.07) is 10.8. The lowest BCUT2D eigenvalue weighted by atomic mass is 9.76. The van der Waals surface area contributed by atoms with Crippen LogP contribution < -0.4 is 5.32 Å². The zero-order chi connectivity index (χ0) is 23.8. The van der Waals surface area contributed by atoms with Crippen LogP contribution in [0.4, 0.5) is 19.0 Å². The second-order valence-corrected chi connectivity index (χ2v) is 9.84. The minimum atomic E-state index is -4.58. The van der Waals surface area contributed by atoms with E-state index in [1.54, 1.807) is 29.3 Å². The molecule has 1 unspecified atom stereocenters. The van der Waals surface area contributed by atoms with Crippen LogP contribution >= 0.6 is 15.9 Å². The van der Waals surface area contributed by atoms with E-state index in [1.165, 1.54) is 6.07 Å². The van der Waals surface area contributed by atoms with Gasteiger partial charge < -0.3 is 10.2 Å². The number of carbonyl (C=O) groups is 1. The minimum Gasteiger partial charge on any atom is -0.368 e. The van der Waals surface area contributed by atoms with Crippen molar-refractivity contribution in [2.45, 2.75) is 38.9 Å². The monoisotopic (exact) mass is 520 g/mol. The number of benzene rings is 1. The highest BCUT2D eigenvalue weighted by molar-refractivity contribution is 9.10. The SMILES string of the molecule is CC1(C)CCCN(C(=O)c2cccc3ccc(C(F)(F)F)nc23)C1CNc1ccc(Br)cn1. The second-order valence-electron chi connectivity index (χ2n) is 8.92. The van der Waals surface area contributed by atoms with Crippen LogP contribution in [-0.4, -0.2) is 39.9 Å². The molecule has 0 spiro atoms. The van der Waals surface area contributed by atoms with Crippen LogP contribution in [0.15, 0.2) is 53.1 Å². The molecule has 1 aliphatic rings. The van der Waals surface area contributed by atoms with Crippen molar-refractivity contribution < 1.29 is 18.0 Å². The molecule has 174 valence electrons. The van der Waals surface area contributed by atoms with E-state index in [-0.39, 0.29) is 28.4 Å². The van der Waals surface area contributed by atoms with Gasteiger partial charge in [0, 0.05) is 29.1 Å². The number of pyridine rings is 2. The summed E-state index contributed by atoms with van der Waals surface area (Å²) in [5.74, 6) is 0.379. The largest absolute Gasteiger partial charge is 0.433 e. The van der Waals surface area contributed by atoms with Gasteiger partial charge in [0.2, 0.25) is 0 Å². The quantitative estimate of drug-likeness (QED) is 0.447. The van der Waals surface area contributed by atoms with E-state index in [2.05, 4.69) is 45.1 Å². The number of likely N-dealkylation sites (tertiary alicyclic amines) is 1. The summed E-state index contributed by atoms with van der Waals surface area (Å²) < 4.78 is 40.7. The fourth-order valence-electron chi connectivity index (χ4n) is 4.39. The van der Waals surface area contributed by atoms with E-state index in [4.69, 9.17) is 0 Å². The van der Waals surface area contributed by atoms with Crippen LogP contribution in [0.5, 0.6) is 0 Å². The van der Waals surface area contributed by atoms with Crippen LogP contribution in [0.1, 0.15) is 42.7 Å². The first-order chi connectivity index (χ1) is 15.6. The van der Waals surface area contributed by atoms with E-state index in [9.17, 15) is 18.0 Å². The highest BCUT2D eigenvalue weighted by Gasteiger charge is 2.40. The zero-order valence-corrected chi connectivity index (χ0v) is 19.9. The van der Waals surface area contributed by atoms with Gasteiger partial charge in [0.15, 0.2) is 0 Å². The smallest absolute Gasteiger partial charge is 0.368 e. The van der Waals surface area contributed by atoms with Crippen molar-refractivity contribution >= 4 is 38.6 Å². The summed E-state index contributed by atoms with van der Waals surface area (Å²) in [4.78, 5) is 23.6. The third-order valence-electron chi connectivity index (χ3n) is 6.20. The first-order valence-corrected chi connectivity index (χ1v) is 11.5. The molecule has 1 N–H and O–H groups in total. The molecule has 3 aromatic rings. The first-order valence-electron chi connectivity index (χ1n) is 10.7. The number of aromatic nitrogens is 2. The maximum absolute atomic E-state index is 13.7. The Bertz CT molecular complexity index is 1160. The van der Waals surface area contributed by atoms with Gasteiger partial charge in [0.05, 0.1) is 17.1 Å². The van der Waals surface area contributed by atoms with Gasteiger partial charge in [0.1, 0.15) is 11.5 Å². The van der Waals surface area contributed by atoms with Gasteiger partial charge in [-0.25, -0.2) is 9.97 Å². The third-order valence-corrected chi connectivity index (χ3v) is 6.67. The summed E-state index contributed by atoms with van der Waals surface area (Å²) in [6.07, 6.45) is -1.14. The maximum atomic E-state index is 13.7. The lowest BCUT2D eigenvalue weighted by Crippen LogP contribution is -2.55. The lowest BCUT2D eigenvalue weighted by Gasteiger charge is -2.46. The van der Waals surface area contributed by atoms with Gasteiger partial charge in [-0.1, -0.05) is 32.0 Å². The molecule has 1 aliphatic heterocycles. The van der Waals surface area contributed by atoms with Crippen molar-refractivity contribution in [2.24, 2.45) is 5.41 Å². The van der Waals surface area contributed by atoms with Crippen molar-refractivity contribution in [3.63, 3.8) is 0 Å². The minimum absolute atomic E-state index is 0.0713. The van der Waals surface area contributed by atoms with Gasteiger partial charge in [-0.3, -0.25) is 4.79 Å². The molecule has 0 saturated carbocycles. The Labute approximate surface area is 198 Å². The molecule has 3 heterocycles. The van der Waals surface area contributed by atoms with Crippen LogP contribution in [0.3, 0.4) is 0 Å². The summed E-state index contributed by atoms with van der Waals surface area (Å²) in [5, 5.41) is 3.81. The summed E-state index contributed by atoms with van der Waals surface area (Å²) in [6.45, 7) is 5.21. The second kappa shape index (κ2) is 8.93. The van der Waals surface area contributed by atoms with E-state index in [0.717, 1.165) is 23.4 Å². The van der Waals surface area contributed by atoms with Crippen LogP contribution in [0.25, 0.3) is 10.9 Å². The van der Waals surface area contributed by atoms with E-state index < -0.39 is 11.9 Å². The van der Waals surface area contributed by atoms with E-state index in [1.807, 2.05) is 12.1 Å². The fourth-order valence-corrected chi connectivity index (χ4v) is 4.63. The molecular weight excluding hydrogens is 497 g/mol. The average Bonchev–Trinajstić information content (AvgIpc) is 2.77. The molecule has 0 aliphatic carbocycles. The zero-order valence-electron chi connectivity index (χ0n) is 18.3. The molecule has 2 aromatic heterocycles. The normalized spacial score (nSPS) is 18.4. The van der Waals surface area contributed by atoms with Crippen molar-refractivity contribution in [2.75, 3.05) is 18.4 Å². The average molecular weight is 521 g/mol. The number of nitrogens with one attached hydrogen (secondary N) is 1. The third kappa shape index (κ3) is 4.98. The summed E-state index contributed by atoms with van der Waals surface area (Å²) in [7, 11) is 0. The Morgan fingerprint density at radius 3 is 2.70 bits per heavy atom. The van der Waals surface area contributed by atoms with Gasteiger partial charge in [-0.05, 0) is 58.5 Å². The summed E-state index contributed by atoms with van der Waals surface area (Å²) >= 11 is 3.36. The highest BCUT2D eigenvalue weighted by Crippen LogP contribution is 2.37. The molecular formula is C24H24BrF3N4O. The van der Waals surface area contributed by atoms with Crippen LogP contribution in [0.2, 0.25) is 0 Å². The van der Waals surface area contributed by atoms with Gasteiger partial charge >= 0.3 is 6.18 Å². The number of anilines is 1. The van der Waals surface area contributed by atoms with Crippen molar-refractivity contribution in [1.82, 2.24) is 14.9 Å². The Balaban J connectivity index is 1.67. The Kier molecular flexibility index (Phi) is 6.35.